The summed E-state index contributed by atoms with van der Waals surface area (Å²) in [5.41, 5.74) is 1.36. The van der Waals surface area contributed by atoms with Crippen LogP contribution in [0.4, 0.5) is 5.13 Å². The predicted octanol–water partition coefficient (Wildman–Crippen LogP) is 3.10. The minimum Gasteiger partial charge on any atom is -0.497 e. The molecule has 0 fully saturated rings. The Kier molecular flexibility index (Phi) is 5.32. The molecule has 2 heterocycles. The van der Waals surface area contributed by atoms with Crippen molar-refractivity contribution < 1.29 is 13.9 Å². The van der Waals surface area contributed by atoms with Gasteiger partial charge in [0, 0.05) is 23.4 Å². The molecule has 0 unspecified atom stereocenters. The van der Waals surface area contributed by atoms with Crippen molar-refractivity contribution in [3.63, 3.8) is 0 Å². The van der Waals surface area contributed by atoms with Gasteiger partial charge in [0.1, 0.15) is 16.3 Å². The van der Waals surface area contributed by atoms with Crippen molar-refractivity contribution in [3.8, 4) is 5.75 Å². The van der Waals surface area contributed by atoms with Gasteiger partial charge in [-0.25, -0.2) is 4.79 Å². The third-order valence-corrected chi connectivity index (χ3v) is 5.10. The number of methoxy groups -OCH3 is 1. The molecular weight excluding hydrogens is 354 g/mol. The third-order valence-electron chi connectivity index (χ3n) is 4.11. The largest absolute Gasteiger partial charge is 0.497 e. The highest BCUT2D eigenvalue weighted by atomic mass is 32.1. The second kappa shape index (κ2) is 7.65. The number of fused-ring (bicyclic) bond motifs is 1. The smallest absolute Gasteiger partial charge is 0.339 e. The van der Waals surface area contributed by atoms with Gasteiger partial charge in [-0.3, -0.25) is 4.79 Å². The number of aryl methyl sites for hydroxylation is 2. The number of carbonyl (C=O) groups excluding carboxylic acids is 1. The van der Waals surface area contributed by atoms with Gasteiger partial charge in [-0.15, -0.1) is 10.2 Å². The molecular formula is C18H19N3O4S. The van der Waals surface area contributed by atoms with E-state index in [-0.39, 0.29) is 12.3 Å². The van der Waals surface area contributed by atoms with Gasteiger partial charge in [-0.2, -0.15) is 0 Å². The van der Waals surface area contributed by atoms with Gasteiger partial charge in [0.2, 0.25) is 11.0 Å². The van der Waals surface area contributed by atoms with Crippen molar-refractivity contribution in [1.82, 2.24) is 10.2 Å². The molecule has 0 aliphatic heterocycles. The number of hydrogen-bond donors (Lipinski definition) is 1. The van der Waals surface area contributed by atoms with Crippen molar-refractivity contribution in [2.75, 3.05) is 12.4 Å². The van der Waals surface area contributed by atoms with Crippen LogP contribution in [-0.4, -0.2) is 23.2 Å². The summed E-state index contributed by atoms with van der Waals surface area (Å²) in [4.78, 5) is 24.4. The van der Waals surface area contributed by atoms with Crippen molar-refractivity contribution in [2.45, 2.75) is 33.1 Å². The van der Waals surface area contributed by atoms with Crippen LogP contribution in [-0.2, 0) is 17.6 Å². The van der Waals surface area contributed by atoms with E-state index in [9.17, 15) is 9.59 Å². The summed E-state index contributed by atoms with van der Waals surface area (Å²) in [6, 6.07) is 5.34. The highest BCUT2D eigenvalue weighted by molar-refractivity contribution is 7.15. The highest BCUT2D eigenvalue weighted by Crippen LogP contribution is 2.24. The van der Waals surface area contributed by atoms with Gasteiger partial charge in [-0.1, -0.05) is 18.3 Å². The normalized spacial score (nSPS) is 10.9. The van der Waals surface area contributed by atoms with Crippen LogP contribution in [0.5, 0.6) is 5.75 Å². The molecule has 0 aliphatic carbocycles. The molecule has 3 aromatic rings. The second-order valence-corrected chi connectivity index (χ2v) is 6.82. The average Bonchev–Trinajstić information content (AvgIpc) is 3.08. The Morgan fingerprint density at radius 3 is 2.85 bits per heavy atom. The van der Waals surface area contributed by atoms with E-state index in [1.165, 1.54) is 11.3 Å². The molecule has 0 atom stereocenters. The van der Waals surface area contributed by atoms with Crippen LogP contribution < -0.4 is 15.7 Å². The van der Waals surface area contributed by atoms with Gasteiger partial charge in [0.15, 0.2) is 0 Å². The molecule has 0 radical (unpaired) electrons. The Morgan fingerprint density at radius 2 is 2.15 bits per heavy atom. The third kappa shape index (κ3) is 3.75. The SMILES string of the molecule is CCc1nnc(NC(=O)CCc2c(C)c3ccc(OC)cc3oc2=O)s1. The minimum atomic E-state index is -0.430. The van der Waals surface area contributed by atoms with Crippen LogP contribution in [0.2, 0.25) is 0 Å². The first-order chi connectivity index (χ1) is 12.5. The Labute approximate surface area is 154 Å². The Morgan fingerprint density at radius 1 is 1.35 bits per heavy atom. The number of hydrogen-bond acceptors (Lipinski definition) is 7. The first kappa shape index (κ1) is 18.1. The predicted molar refractivity (Wildman–Crippen MR) is 100 cm³/mol. The first-order valence-corrected chi connectivity index (χ1v) is 9.06. The molecule has 2 aromatic heterocycles. The number of ether oxygens (including phenoxy) is 1. The summed E-state index contributed by atoms with van der Waals surface area (Å²) in [5.74, 6) is 0.410. The number of nitrogens with one attached hydrogen (secondary N) is 1. The Hall–Kier alpha value is -2.74. The first-order valence-electron chi connectivity index (χ1n) is 8.24. The number of aromatic nitrogens is 2. The highest BCUT2D eigenvalue weighted by Gasteiger charge is 2.14. The monoisotopic (exact) mass is 373 g/mol. The van der Waals surface area contributed by atoms with Crippen molar-refractivity contribution in [3.05, 3.63) is 44.8 Å². The molecule has 8 heteroatoms. The molecule has 0 saturated carbocycles. The number of nitrogens with zero attached hydrogens (tertiary/aromatic N) is 2. The number of rotatable bonds is 6. The van der Waals surface area contributed by atoms with Gasteiger partial charge < -0.3 is 14.5 Å². The van der Waals surface area contributed by atoms with E-state index in [2.05, 4.69) is 15.5 Å². The molecule has 7 nitrogen and oxygen atoms in total. The molecule has 0 aliphatic rings. The number of anilines is 1. The van der Waals surface area contributed by atoms with Crippen molar-refractivity contribution >= 4 is 33.3 Å². The topological polar surface area (TPSA) is 94.3 Å². The van der Waals surface area contributed by atoms with Gasteiger partial charge in [-0.05, 0) is 37.5 Å². The second-order valence-electron chi connectivity index (χ2n) is 5.76. The Bertz CT molecular complexity index is 1010. The molecule has 0 saturated heterocycles. The number of amides is 1. The van der Waals surface area contributed by atoms with E-state index in [4.69, 9.17) is 9.15 Å². The summed E-state index contributed by atoms with van der Waals surface area (Å²) >= 11 is 1.35. The van der Waals surface area contributed by atoms with Crippen LogP contribution >= 0.6 is 11.3 Å². The summed E-state index contributed by atoms with van der Waals surface area (Å²) in [7, 11) is 1.56. The van der Waals surface area contributed by atoms with Gasteiger partial charge in [0.05, 0.1) is 7.11 Å². The van der Waals surface area contributed by atoms with Crippen molar-refractivity contribution in [2.24, 2.45) is 0 Å². The molecule has 3 rings (SSSR count). The molecule has 1 N–H and O–H groups in total. The van der Waals surface area contributed by atoms with E-state index in [0.717, 1.165) is 22.4 Å². The standard InChI is InChI=1S/C18H19N3O4S/c1-4-16-20-21-18(26-16)19-15(22)8-7-13-10(2)12-6-5-11(24-3)9-14(12)25-17(13)23/h5-6,9H,4,7-8H2,1-3H3,(H,19,21,22). The maximum Gasteiger partial charge on any atom is 0.339 e. The van der Waals surface area contributed by atoms with Crippen molar-refractivity contribution in [1.29, 1.82) is 0 Å². The zero-order valence-electron chi connectivity index (χ0n) is 14.8. The van der Waals surface area contributed by atoms with Crippen LogP contribution in [0.15, 0.2) is 27.4 Å². The summed E-state index contributed by atoms with van der Waals surface area (Å²) in [5, 5.41) is 12.8. The van der Waals surface area contributed by atoms with E-state index in [1.807, 2.05) is 26.0 Å². The lowest BCUT2D eigenvalue weighted by molar-refractivity contribution is -0.116. The lowest BCUT2D eigenvalue weighted by Gasteiger charge is -2.08. The fourth-order valence-electron chi connectivity index (χ4n) is 2.66. The zero-order valence-corrected chi connectivity index (χ0v) is 15.6. The van der Waals surface area contributed by atoms with E-state index < -0.39 is 5.63 Å². The fourth-order valence-corrected chi connectivity index (χ4v) is 3.35. The Balaban J connectivity index is 1.75. The van der Waals surface area contributed by atoms with Crippen LogP contribution in [0, 0.1) is 6.92 Å². The quantitative estimate of drug-likeness (QED) is 0.667. The van der Waals surface area contributed by atoms with E-state index >= 15 is 0 Å². The van der Waals surface area contributed by atoms with Crippen LogP contribution in [0.1, 0.15) is 29.5 Å². The average molecular weight is 373 g/mol. The van der Waals surface area contributed by atoms with Gasteiger partial charge >= 0.3 is 5.63 Å². The molecule has 136 valence electrons. The van der Waals surface area contributed by atoms with E-state index in [1.54, 1.807) is 13.2 Å². The molecule has 0 spiro atoms. The lowest BCUT2D eigenvalue weighted by atomic mass is 10.0. The summed E-state index contributed by atoms with van der Waals surface area (Å²) in [6.45, 7) is 3.83. The minimum absolute atomic E-state index is 0.161. The molecule has 0 bridgehead atoms. The molecule has 1 aromatic carbocycles. The molecule has 1 amide bonds. The maximum absolute atomic E-state index is 12.3. The molecule has 26 heavy (non-hydrogen) atoms. The number of carbonyl (C=O) groups is 1. The summed E-state index contributed by atoms with van der Waals surface area (Å²) in [6.07, 6.45) is 1.23. The van der Waals surface area contributed by atoms with Crippen LogP contribution in [0.3, 0.4) is 0 Å². The van der Waals surface area contributed by atoms with E-state index in [0.29, 0.717) is 28.4 Å². The number of benzene rings is 1. The van der Waals surface area contributed by atoms with Gasteiger partial charge in [0.25, 0.3) is 0 Å². The lowest BCUT2D eigenvalue weighted by Crippen LogP contribution is -2.16. The fraction of sp³-hybridized carbons (Fsp3) is 0.333. The summed E-state index contributed by atoms with van der Waals surface area (Å²) < 4.78 is 10.5. The zero-order chi connectivity index (χ0) is 18.7. The van der Waals surface area contributed by atoms with Crippen LogP contribution in [0.25, 0.3) is 11.0 Å². The maximum atomic E-state index is 12.3.